The van der Waals surface area contributed by atoms with Gasteiger partial charge in [-0.25, -0.2) is 0 Å². The Bertz CT molecular complexity index is 634. The lowest BCUT2D eigenvalue weighted by Crippen LogP contribution is -2.60. The van der Waals surface area contributed by atoms with Gasteiger partial charge in [0, 0.05) is 47.4 Å². The van der Waals surface area contributed by atoms with Gasteiger partial charge in [-0.2, -0.15) is 0 Å². The zero-order chi connectivity index (χ0) is 24.7. The minimum atomic E-state index is -0.576. The normalized spacial score (nSPS) is 36.5. The van der Waals surface area contributed by atoms with Gasteiger partial charge in [0.2, 0.25) is 0 Å². The third kappa shape index (κ3) is 6.64. The molecule has 2 fully saturated rings. The second-order valence-corrected chi connectivity index (χ2v) is 9.01. The van der Waals surface area contributed by atoms with Gasteiger partial charge < -0.3 is 38.3 Å². The number of allylic oxidation sites excluding steroid dienone is 2. The lowest BCUT2D eigenvalue weighted by atomic mass is 9.91. The Balaban J connectivity index is 2.02. The van der Waals surface area contributed by atoms with E-state index in [1.807, 2.05) is 32.1 Å². The van der Waals surface area contributed by atoms with Crippen molar-refractivity contribution in [2.45, 2.75) is 89.2 Å². The van der Waals surface area contributed by atoms with Gasteiger partial charge in [-0.15, -0.1) is 0 Å². The molecule has 2 rings (SSSR count). The first-order valence-electron chi connectivity index (χ1n) is 11.8. The van der Waals surface area contributed by atoms with E-state index in [2.05, 4.69) is 13.8 Å². The highest BCUT2D eigenvalue weighted by molar-refractivity contribution is 5.19. The second kappa shape index (κ2) is 13.3. The van der Waals surface area contributed by atoms with Crippen LogP contribution >= 0.6 is 0 Å². The van der Waals surface area contributed by atoms with Crippen molar-refractivity contribution < 1.29 is 38.3 Å². The fraction of sp³-hybridized carbons (Fsp3) is 0.840. The van der Waals surface area contributed by atoms with Gasteiger partial charge in [0.25, 0.3) is 0 Å². The Morgan fingerprint density at radius 1 is 0.909 bits per heavy atom. The summed E-state index contributed by atoms with van der Waals surface area (Å²) in [6.07, 6.45) is 4.20. The van der Waals surface area contributed by atoms with Crippen LogP contribution in [-0.2, 0) is 33.2 Å². The predicted molar refractivity (Wildman–Crippen MR) is 125 cm³/mol. The molecule has 2 aliphatic heterocycles. The molecule has 0 spiro atoms. The molecule has 0 saturated carbocycles. The topological polar surface area (TPSA) is 88.1 Å². The number of aliphatic hydroxyl groups excluding tert-OH is 1. The SMILES string of the molecule is CC[C@H](OC)[C@@H](C)[C@H]1O[C@@H]1[C@H](O)[C@@H](C)/C=C/C=C(\C)[C@H]1O[C@@H](OC)[C@H](OC)[C@@H](OC)[C@@H]1OC. The molecule has 0 amide bonds. The molecule has 33 heavy (non-hydrogen) atoms. The molecule has 0 aromatic rings. The largest absolute Gasteiger partial charge is 0.390 e. The van der Waals surface area contributed by atoms with Gasteiger partial charge in [-0.3, -0.25) is 0 Å². The van der Waals surface area contributed by atoms with Crippen molar-refractivity contribution in [2.24, 2.45) is 11.8 Å². The van der Waals surface area contributed by atoms with Crippen LogP contribution in [0.2, 0.25) is 0 Å². The third-order valence-electron chi connectivity index (χ3n) is 7.01. The highest BCUT2D eigenvalue weighted by Gasteiger charge is 2.50. The van der Waals surface area contributed by atoms with Gasteiger partial charge >= 0.3 is 0 Å². The van der Waals surface area contributed by atoms with Crippen LogP contribution in [0.15, 0.2) is 23.8 Å². The monoisotopic (exact) mass is 472 g/mol. The third-order valence-corrected chi connectivity index (χ3v) is 7.01. The van der Waals surface area contributed by atoms with Crippen LogP contribution in [0.25, 0.3) is 0 Å². The van der Waals surface area contributed by atoms with Crippen LogP contribution < -0.4 is 0 Å². The maximum Gasteiger partial charge on any atom is 0.186 e. The van der Waals surface area contributed by atoms with Gasteiger partial charge in [-0.05, 0) is 18.9 Å². The Kier molecular flexibility index (Phi) is 11.4. The van der Waals surface area contributed by atoms with Gasteiger partial charge in [-0.1, -0.05) is 39.0 Å². The fourth-order valence-corrected chi connectivity index (χ4v) is 4.83. The van der Waals surface area contributed by atoms with E-state index in [-0.39, 0.29) is 48.5 Å². The van der Waals surface area contributed by atoms with Crippen molar-refractivity contribution in [3.63, 3.8) is 0 Å². The summed E-state index contributed by atoms with van der Waals surface area (Å²) in [5.41, 5.74) is 0.957. The highest BCUT2D eigenvalue weighted by atomic mass is 16.7. The van der Waals surface area contributed by atoms with Crippen molar-refractivity contribution >= 4 is 0 Å². The molecule has 2 aliphatic rings. The summed E-state index contributed by atoms with van der Waals surface area (Å²) in [6, 6.07) is 0. The summed E-state index contributed by atoms with van der Waals surface area (Å²) < 4.78 is 39.9. The summed E-state index contributed by atoms with van der Waals surface area (Å²) in [6.45, 7) is 8.18. The highest BCUT2D eigenvalue weighted by Crippen LogP contribution is 2.37. The molecule has 0 unspecified atom stereocenters. The molecule has 1 N–H and O–H groups in total. The van der Waals surface area contributed by atoms with Crippen LogP contribution in [0.3, 0.4) is 0 Å². The first kappa shape index (κ1) is 28.4. The van der Waals surface area contributed by atoms with Gasteiger partial charge in [0.15, 0.2) is 6.29 Å². The number of ether oxygens (including phenoxy) is 7. The summed E-state index contributed by atoms with van der Waals surface area (Å²) in [4.78, 5) is 0. The molecule has 8 heteroatoms. The number of hydrogen-bond donors (Lipinski definition) is 1. The zero-order valence-electron chi connectivity index (χ0n) is 21.6. The van der Waals surface area contributed by atoms with Crippen molar-refractivity contribution in [1.29, 1.82) is 0 Å². The Hall–Kier alpha value is -0.840. The molecular weight excluding hydrogens is 428 g/mol. The van der Waals surface area contributed by atoms with Crippen LogP contribution in [0.1, 0.15) is 34.1 Å². The smallest absolute Gasteiger partial charge is 0.186 e. The molecule has 8 nitrogen and oxygen atoms in total. The molecule has 2 heterocycles. The molecule has 0 radical (unpaired) electrons. The molecule has 192 valence electrons. The van der Waals surface area contributed by atoms with E-state index in [0.29, 0.717) is 0 Å². The van der Waals surface area contributed by atoms with Crippen LogP contribution in [0.5, 0.6) is 0 Å². The van der Waals surface area contributed by atoms with Gasteiger partial charge in [0.05, 0.1) is 18.3 Å². The second-order valence-electron chi connectivity index (χ2n) is 9.01. The Labute approximate surface area is 199 Å². The maximum absolute atomic E-state index is 10.8. The molecule has 0 aromatic heterocycles. The number of methoxy groups -OCH3 is 5. The van der Waals surface area contributed by atoms with E-state index < -0.39 is 18.5 Å². The number of rotatable bonds is 13. The van der Waals surface area contributed by atoms with E-state index in [9.17, 15) is 5.11 Å². The van der Waals surface area contributed by atoms with E-state index in [0.717, 1.165) is 12.0 Å². The van der Waals surface area contributed by atoms with Crippen molar-refractivity contribution in [3.8, 4) is 0 Å². The first-order valence-corrected chi connectivity index (χ1v) is 11.8. The molecular formula is C25H44O8. The first-order chi connectivity index (χ1) is 15.8. The maximum atomic E-state index is 10.8. The number of epoxide rings is 1. The lowest BCUT2D eigenvalue weighted by molar-refractivity contribution is -0.295. The standard InChI is InChI=1S/C25H44O8/c1-10-17(27-5)16(4)20-21(32-20)18(26)14(2)12-11-13-15(3)19-22(28-6)23(29-7)24(30-8)25(31-9)33-19/h11-14,16-26H,10H2,1-9H3/b12-11+,15-13+/t14-,16+,17-,18+,19+,20+,21+,22+,23-,24+,25+/m0/s1. The predicted octanol–water partition coefficient (Wildman–Crippen LogP) is 2.73. The van der Waals surface area contributed by atoms with Gasteiger partial charge in [0.1, 0.15) is 30.5 Å². The van der Waals surface area contributed by atoms with Crippen molar-refractivity contribution in [2.75, 3.05) is 35.5 Å². The molecule has 0 aromatic carbocycles. The zero-order valence-corrected chi connectivity index (χ0v) is 21.6. The van der Waals surface area contributed by atoms with Crippen LogP contribution in [0.4, 0.5) is 0 Å². The van der Waals surface area contributed by atoms with Crippen molar-refractivity contribution in [3.05, 3.63) is 23.8 Å². The van der Waals surface area contributed by atoms with Crippen LogP contribution in [-0.4, -0.2) is 95.8 Å². The minimum Gasteiger partial charge on any atom is -0.390 e. The molecule has 2 saturated heterocycles. The average molecular weight is 473 g/mol. The molecule has 0 bridgehead atoms. The van der Waals surface area contributed by atoms with E-state index in [4.69, 9.17) is 33.2 Å². The summed E-state index contributed by atoms with van der Waals surface area (Å²) in [5.74, 6) is 0.173. The summed E-state index contributed by atoms with van der Waals surface area (Å²) in [7, 11) is 8.17. The number of hydrogen-bond acceptors (Lipinski definition) is 8. The van der Waals surface area contributed by atoms with Crippen LogP contribution in [0, 0.1) is 11.8 Å². The molecule has 0 aliphatic carbocycles. The lowest BCUT2D eigenvalue weighted by Gasteiger charge is -2.44. The average Bonchev–Trinajstić information content (AvgIpc) is 3.63. The summed E-state index contributed by atoms with van der Waals surface area (Å²) >= 11 is 0. The molecule has 11 atom stereocenters. The summed E-state index contributed by atoms with van der Waals surface area (Å²) in [5, 5.41) is 10.8. The Morgan fingerprint density at radius 3 is 2.06 bits per heavy atom. The quantitative estimate of drug-likeness (QED) is 0.323. The Morgan fingerprint density at radius 2 is 1.55 bits per heavy atom. The minimum absolute atomic E-state index is 0.0295. The van der Waals surface area contributed by atoms with E-state index in [1.54, 1.807) is 35.5 Å². The fourth-order valence-electron chi connectivity index (χ4n) is 4.83. The van der Waals surface area contributed by atoms with Crippen molar-refractivity contribution in [1.82, 2.24) is 0 Å². The number of aliphatic hydroxyl groups is 1. The van der Waals surface area contributed by atoms with E-state index >= 15 is 0 Å². The van der Waals surface area contributed by atoms with E-state index in [1.165, 1.54) is 0 Å².